The molecule has 0 radical (unpaired) electrons. The minimum absolute atomic E-state index is 0.0693. The molecule has 3 rings (SSSR count). The highest BCUT2D eigenvalue weighted by molar-refractivity contribution is 7.92. The van der Waals surface area contributed by atoms with Gasteiger partial charge in [-0.1, -0.05) is 5.16 Å². The van der Waals surface area contributed by atoms with Crippen LogP contribution in [0.15, 0.2) is 70.2 Å². The summed E-state index contributed by atoms with van der Waals surface area (Å²) < 4.78 is 37.4. The average Bonchev–Trinajstić information content (AvgIpc) is 3.05. The SMILES string of the molecule is COc1ccc(C(=O)C=CNc2ccc(S(=O)(=O)Nc3onc(C)c3C)cc2)cc1. The highest BCUT2D eigenvalue weighted by Gasteiger charge is 2.19. The Bertz CT molecular complexity index is 1160. The van der Waals surface area contributed by atoms with Crippen LogP contribution in [0.2, 0.25) is 0 Å². The van der Waals surface area contributed by atoms with Crippen molar-refractivity contribution >= 4 is 27.4 Å². The second-order valence-electron chi connectivity index (χ2n) is 6.42. The normalized spacial score (nSPS) is 11.4. The van der Waals surface area contributed by atoms with E-state index in [1.165, 1.54) is 24.4 Å². The molecule has 1 aromatic heterocycles. The molecule has 0 amide bonds. The van der Waals surface area contributed by atoms with Crippen LogP contribution in [0.1, 0.15) is 21.6 Å². The Morgan fingerprint density at radius 2 is 1.73 bits per heavy atom. The maximum atomic E-state index is 12.5. The molecule has 2 aromatic carbocycles. The Morgan fingerprint density at radius 3 is 2.30 bits per heavy atom. The Hall–Kier alpha value is -3.59. The number of aromatic nitrogens is 1. The van der Waals surface area contributed by atoms with Gasteiger partial charge < -0.3 is 14.6 Å². The van der Waals surface area contributed by atoms with Gasteiger partial charge in [0, 0.05) is 29.1 Å². The number of hydrogen-bond donors (Lipinski definition) is 2. The van der Waals surface area contributed by atoms with Gasteiger partial charge >= 0.3 is 0 Å². The van der Waals surface area contributed by atoms with Crippen molar-refractivity contribution in [2.24, 2.45) is 0 Å². The van der Waals surface area contributed by atoms with Crippen molar-refractivity contribution in [1.82, 2.24) is 5.16 Å². The first-order chi connectivity index (χ1) is 14.3. The van der Waals surface area contributed by atoms with Crippen molar-refractivity contribution in [3.8, 4) is 5.75 Å². The summed E-state index contributed by atoms with van der Waals surface area (Å²) >= 11 is 0. The van der Waals surface area contributed by atoms with Crippen molar-refractivity contribution in [2.45, 2.75) is 18.7 Å². The number of hydrogen-bond acceptors (Lipinski definition) is 7. The van der Waals surface area contributed by atoms with Crippen LogP contribution in [-0.2, 0) is 10.0 Å². The zero-order valence-electron chi connectivity index (χ0n) is 16.7. The Morgan fingerprint density at radius 1 is 1.07 bits per heavy atom. The highest BCUT2D eigenvalue weighted by Crippen LogP contribution is 2.22. The molecule has 0 spiro atoms. The van der Waals surface area contributed by atoms with Crippen LogP contribution in [0.4, 0.5) is 11.6 Å². The van der Waals surface area contributed by atoms with Crippen LogP contribution in [-0.4, -0.2) is 26.5 Å². The van der Waals surface area contributed by atoms with Gasteiger partial charge in [0.25, 0.3) is 10.0 Å². The highest BCUT2D eigenvalue weighted by atomic mass is 32.2. The quantitative estimate of drug-likeness (QED) is 0.414. The third-order valence-corrected chi connectivity index (χ3v) is 5.75. The van der Waals surface area contributed by atoms with E-state index in [9.17, 15) is 13.2 Å². The zero-order valence-corrected chi connectivity index (χ0v) is 17.5. The van der Waals surface area contributed by atoms with Crippen LogP contribution in [0, 0.1) is 13.8 Å². The summed E-state index contributed by atoms with van der Waals surface area (Å²) in [6.07, 6.45) is 2.89. The van der Waals surface area contributed by atoms with Crippen LogP contribution in [0.25, 0.3) is 0 Å². The molecule has 0 aliphatic heterocycles. The zero-order chi connectivity index (χ0) is 21.7. The number of carbonyl (C=O) groups is 1. The van der Waals surface area contributed by atoms with Gasteiger partial charge in [-0.2, -0.15) is 0 Å². The molecule has 156 valence electrons. The maximum absolute atomic E-state index is 12.5. The van der Waals surface area contributed by atoms with Crippen LogP contribution in [0.5, 0.6) is 5.75 Å². The molecule has 0 saturated heterocycles. The van der Waals surface area contributed by atoms with E-state index in [2.05, 4.69) is 15.2 Å². The summed E-state index contributed by atoms with van der Waals surface area (Å²) in [5.74, 6) is 0.591. The average molecular weight is 427 g/mol. The van der Waals surface area contributed by atoms with E-state index >= 15 is 0 Å². The fraction of sp³-hybridized carbons (Fsp3) is 0.143. The van der Waals surface area contributed by atoms with Crippen LogP contribution < -0.4 is 14.8 Å². The number of carbonyl (C=O) groups excluding carboxylic acids is 1. The Labute approximate surface area is 174 Å². The number of allylic oxidation sites excluding steroid dienone is 1. The standard InChI is InChI=1S/C21H21N3O5S/c1-14-15(2)23-29-21(14)24-30(26,27)19-10-6-17(7-11-19)22-13-12-20(25)16-4-8-18(28-3)9-5-16/h4-13,22,24H,1-3H3. The lowest BCUT2D eigenvalue weighted by atomic mass is 10.1. The molecular formula is C21H21N3O5S. The van der Waals surface area contributed by atoms with Crippen molar-refractivity contribution in [3.63, 3.8) is 0 Å². The summed E-state index contributed by atoms with van der Waals surface area (Å²) in [6, 6.07) is 12.9. The van der Waals surface area contributed by atoms with Crippen molar-refractivity contribution in [2.75, 3.05) is 17.1 Å². The molecule has 0 unspecified atom stereocenters. The lowest BCUT2D eigenvalue weighted by molar-refractivity contribution is 0.104. The first-order valence-electron chi connectivity index (χ1n) is 8.97. The fourth-order valence-corrected chi connectivity index (χ4v) is 3.53. The molecule has 0 saturated carbocycles. The van der Waals surface area contributed by atoms with Gasteiger partial charge in [0.05, 0.1) is 17.7 Å². The molecule has 0 aliphatic rings. The van der Waals surface area contributed by atoms with E-state index in [1.54, 1.807) is 57.4 Å². The van der Waals surface area contributed by atoms with E-state index in [0.717, 1.165) is 0 Å². The number of benzene rings is 2. The number of sulfonamides is 1. The molecule has 0 aliphatic carbocycles. The van der Waals surface area contributed by atoms with Crippen LogP contribution >= 0.6 is 0 Å². The lowest BCUT2D eigenvalue weighted by Crippen LogP contribution is -2.13. The lowest BCUT2D eigenvalue weighted by Gasteiger charge is -2.07. The summed E-state index contributed by atoms with van der Waals surface area (Å²) in [5, 5.41) is 6.67. The fourth-order valence-electron chi connectivity index (χ4n) is 2.49. The van der Waals surface area contributed by atoms with E-state index in [1.807, 2.05) is 0 Å². The van der Waals surface area contributed by atoms with Crippen LogP contribution in [0.3, 0.4) is 0 Å². The van der Waals surface area contributed by atoms with Gasteiger partial charge in [-0.15, -0.1) is 0 Å². The van der Waals surface area contributed by atoms with Gasteiger partial charge in [-0.3, -0.25) is 4.79 Å². The number of nitrogens with zero attached hydrogens (tertiary/aromatic N) is 1. The number of ether oxygens (including phenoxy) is 1. The molecule has 0 bridgehead atoms. The van der Waals surface area contributed by atoms with Gasteiger partial charge in [-0.05, 0) is 62.4 Å². The predicted octanol–water partition coefficient (Wildman–Crippen LogP) is 3.91. The van der Waals surface area contributed by atoms with Crippen molar-refractivity contribution < 1.29 is 22.5 Å². The van der Waals surface area contributed by atoms with E-state index in [0.29, 0.717) is 28.3 Å². The molecule has 1 heterocycles. The van der Waals surface area contributed by atoms with E-state index < -0.39 is 10.0 Å². The summed E-state index contributed by atoms with van der Waals surface area (Å²) in [5.41, 5.74) is 2.39. The summed E-state index contributed by atoms with van der Waals surface area (Å²) in [6.45, 7) is 3.44. The summed E-state index contributed by atoms with van der Waals surface area (Å²) in [4.78, 5) is 12.2. The van der Waals surface area contributed by atoms with E-state index in [-0.39, 0.29) is 16.6 Å². The molecule has 2 N–H and O–H groups in total. The number of anilines is 2. The second kappa shape index (κ2) is 8.83. The molecule has 9 heteroatoms. The third-order valence-electron chi connectivity index (χ3n) is 4.41. The maximum Gasteiger partial charge on any atom is 0.264 e. The molecule has 3 aromatic rings. The number of ketones is 1. The molecular weight excluding hydrogens is 406 g/mol. The second-order valence-corrected chi connectivity index (χ2v) is 8.10. The van der Waals surface area contributed by atoms with E-state index in [4.69, 9.17) is 9.26 Å². The van der Waals surface area contributed by atoms with Crippen molar-refractivity contribution in [3.05, 3.63) is 77.6 Å². The smallest absolute Gasteiger partial charge is 0.264 e. The molecule has 0 fully saturated rings. The number of rotatable bonds is 8. The number of methoxy groups -OCH3 is 1. The largest absolute Gasteiger partial charge is 0.497 e. The van der Waals surface area contributed by atoms with Gasteiger partial charge in [0.1, 0.15) is 5.75 Å². The van der Waals surface area contributed by atoms with Crippen molar-refractivity contribution in [1.29, 1.82) is 0 Å². The predicted molar refractivity (Wildman–Crippen MR) is 113 cm³/mol. The first kappa shape index (κ1) is 21.1. The summed E-state index contributed by atoms with van der Waals surface area (Å²) in [7, 11) is -2.25. The molecule has 30 heavy (non-hydrogen) atoms. The van der Waals surface area contributed by atoms with Gasteiger partial charge in [0.2, 0.25) is 5.88 Å². The molecule has 0 atom stereocenters. The minimum Gasteiger partial charge on any atom is -0.497 e. The molecule has 8 nitrogen and oxygen atoms in total. The van der Waals surface area contributed by atoms with Gasteiger partial charge in [0.15, 0.2) is 5.78 Å². The Kier molecular flexibility index (Phi) is 6.22. The Balaban J connectivity index is 1.63. The first-order valence-corrected chi connectivity index (χ1v) is 10.5. The number of nitrogens with one attached hydrogen (secondary N) is 2. The number of aryl methyl sites for hydroxylation is 1. The van der Waals surface area contributed by atoms with Gasteiger partial charge in [-0.25, -0.2) is 13.1 Å². The monoisotopic (exact) mass is 427 g/mol. The third kappa shape index (κ3) is 4.87. The topological polar surface area (TPSA) is 111 Å². The minimum atomic E-state index is -3.81.